The summed E-state index contributed by atoms with van der Waals surface area (Å²) in [7, 11) is 0. The molecule has 1 aliphatic carbocycles. The molecule has 1 N–H and O–H groups in total. The van der Waals surface area contributed by atoms with E-state index in [-0.39, 0.29) is 16.9 Å². The van der Waals surface area contributed by atoms with Gasteiger partial charge in [0.1, 0.15) is 0 Å². The van der Waals surface area contributed by atoms with E-state index >= 15 is 0 Å². The molecule has 6 nitrogen and oxygen atoms in total. The molecule has 0 fully saturated rings. The van der Waals surface area contributed by atoms with Crippen molar-refractivity contribution in [2.24, 2.45) is 0 Å². The van der Waals surface area contributed by atoms with E-state index in [2.05, 4.69) is 42.1 Å². The number of fused-ring (bicyclic) bond motifs is 1. The summed E-state index contributed by atoms with van der Waals surface area (Å²) in [4.78, 5) is 28.3. The highest BCUT2D eigenvalue weighted by Crippen LogP contribution is 2.33. The van der Waals surface area contributed by atoms with Crippen molar-refractivity contribution in [1.29, 1.82) is 0 Å². The first-order valence-electron chi connectivity index (χ1n) is 9.31. The number of hydrogen-bond acceptors (Lipinski definition) is 4. The third-order valence-electron chi connectivity index (χ3n) is 5.45. The van der Waals surface area contributed by atoms with E-state index in [9.17, 15) is 9.59 Å². The maximum atomic E-state index is 13.0. The van der Waals surface area contributed by atoms with Gasteiger partial charge in [-0.1, -0.05) is 23.8 Å². The maximum Gasteiger partial charge on any atom is 0.335 e. The molecule has 0 saturated heterocycles. The lowest BCUT2D eigenvalue weighted by atomic mass is 9.79. The van der Waals surface area contributed by atoms with Gasteiger partial charge in [-0.2, -0.15) is 9.78 Å². The van der Waals surface area contributed by atoms with Gasteiger partial charge in [0.15, 0.2) is 5.82 Å². The topological polar surface area (TPSA) is 85.1 Å². The zero-order chi connectivity index (χ0) is 19.8. The van der Waals surface area contributed by atoms with Crippen molar-refractivity contribution in [3.8, 4) is 5.82 Å². The quantitative estimate of drug-likeness (QED) is 0.760. The lowest BCUT2D eigenvalue weighted by Gasteiger charge is -2.26. The second-order valence-electron chi connectivity index (χ2n) is 7.37. The zero-order valence-corrected chi connectivity index (χ0v) is 15.8. The summed E-state index contributed by atoms with van der Waals surface area (Å²) in [6, 6.07) is 9.28. The number of carbonyl (C=O) groups is 1. The van der Waals surface area contributed by atoms with Crippen LogP contribution in [-0.2, 0) is 12.8 Å². The third-order valence-corrected chi connectivity index (χ3v) is 5.45. The van der Waals surface area contributed by atoms with E-state index in [1.807, 2.05) is 0 Å². The molecule has 0 bridgehead atoms. The summed E-state index contributed by atoms with van der Waals surface area (Å²) in [5.41, 5.74) is 5.43. The summed E-state index contributed by atoms with van der Waals surface area (Å²) in [5, 5.41) is 13.4. The second kappa shape index (κ2) is 7.03. The molecular formula is C22H21N3O3. The molecule has 3 aromatic rings. The molecule has 0 saturated carbocycles. The Morgan fingerprint density at radius 2 is 2.04 bits per heavy atom. The number of pyridine rings is 1. The SMILES string of the molecule is Cc1ccc(C2CCc3c(cnn(-c4cc(C(=O)O)ccn4)c3=O)C2)c(C)c1. The number of rotatable bonds is 3. The highest BCUT2D eigenvalue weighted by Gasteiger charge is 2.25. The summed E-state index contributed by atoms with van der Waals surface area (Å²) >= 11 is 0. The molecule has 142 valence electrons. The molecule has 1 unspecified atom stereocenters. The molecule has 4 rings (SSSR count). The van der Waals surface area contributed by atoms with Gasteiger partial charge in [0.25, 0.3) is 5.56 Å². The molecule has 0 radical (unpaired) electrons. The standard InChI is InChI=1S/C22H21N3O3/c1-13-3-5-18(14(2)9-13)15-4-6-19-17(10-15)12-24-25(21(19)26)20-11-16(22(27)28)7-8-23-20/h3,5,7-9,11-12,15H,4,6,10H2,1-2H3,(H,27,28). The molecular weight excluding hydrogens is 354 g/mol. The number of benzene rings is 1. The van der Waals surface area contributed by atoms with E-state index in [4.69, 9.17) is 5.11 Å². The van der Waals surface area contributed by atoms with Crippen molar-refractivity contribution in [1.82, 2.24) is 14.8 Å². The van der Waals surface area contributed by atoms with Crippen LogP contribution < -0.4 is 5.56 Å². The smallest absolute Gasteiger partial charge is 0.335 e. The Hall–Kier alpha value is -3.28. The minimum absolute atomic E-state index is 0.0753. The third kappa shape index (κ3) is 3.22. The van der Waals surface area contributed by atoms with Crippen molar-refractivity contribution >= 4 is 5.97 Å². The first kappa shape index (κ1) is 18.1. The van der Waals surface area contributed by atoms with Gasteiger partial charge in [0.2, 0.25) is 0 Å². The monoisotopic (exact) mass is 375 g/mol. The maximum absolute atomic E-state index is 13.0. The number of aromatic carboxylic acids is 1. The number of carboxylic acid groups (broad SMARTS) is 1. The minimum Gasteiger partial charge on any atom is -0.478 e. The molecule has 2 aromatic heterocycles. The fourth-order valence-electron chi connectivity index (χ4n) is 4.03. The Morgan fingerprint density at radius 3 is 2.79 bits per heavy atom. The van der Waals surface area contributed by atoms with Gasteiger partial charge >= 0.3 is 5.97 Å². The molecule has 1 atom stereocenters. The van der Waals surface area contributed by atoms with Crippen LogP contribution in [0.2, 0.25) is 0 Å². The van der Waals surface area contributed by atoms with Crippen molar-refractivity contribution in [3.63, 3.8) is 0 Å². The van der Waals surface area contributed by atoms with Crippen LogP contribution in [0.3, 0.4) is 0 Å². The first-order valence-corrected chi connectivity index (χ1v) is 9.31. The molecule has 1 aliphatic rings. The van der Waals surface area contributed by atoms with E-state index < -0.39 is 5.97 Å². The van der Waals surface area contributed by atoms with Crippen molar-refractivity contribution < 1.29 is 9.90 Å². The van der Waals surface area contributed by atoms with Crippen LogP contribution in [0.4, 0.5) is 0 Å². The molecule has 28 heavy (non-hydrogen) atoms. The Bertz CT molecular complexity index is 1130. The van der Waals surface area contributed by atoms with Crippen LogP contribution >= 0.6 is 0 Å². The Morgan fingerprint density at radius 1 is 1.21 bits per heavy atom. The first-order chi connectivity index (χ1) is 13.4. The van der Waals surface area contributed by atoms with Crippen LogP contribution in [0.15, 0.2) is 47.5 Å². The van der Waals surface area contributed by atoms with Crippen LogP contribution in [0.25, 0.3) is 5.82 Å². The predicted molar refractivity (Wildman–Crippen MR) is 105 cm³/mol. The number of aromatic nitrogens is 3. The second-order valence-corrected chi connectivity index (χ2v) is 7.37. The van der Waals surface area contributed by atoms with Gasteiger partial charge in [0.05, 0.1) is 11.8 Å². The molecule has 2 heterocycles. The molecule has 0 aliphatic heterocycles. The summed E-state index contributed by atoms with van der Waals surface area (Å²) in [6.45, 7) is 4.22. The van der Waals surface area contributed by atoms with Gasteiger partial charge in [-0.25, -0.2) is 9.78 Å². The van der Waals surface area contributed by atoms with Gasteiger partial charge in [-0.05, 0) is 67.9 Å². The minimum atomic E-state index is -1.06. The fourth-order valence-corrected chi connectivity index (χ4v) is 4.03. The molecule has 1 aromatic carbocycles. The average molecular weight is 375 g/mol. The molecule has 0 amide bonds. The van der Waals surface area contributed by atoms with Gasteiger partial charge < -0.3 is 5.11 Å². The zero-order valence-electron chi connectivity index (χ0n) is 15.8. The highest BCUT2D eigenvalue weighted by atomic mass is 16.4. The fraction of sp³-hybridized carbons (Fsp3) is 0.273. The summed E-state index contributed by atoms with van der Waals surface area (Å²) < 4.78 is 1.20. The van der Waals surface area contributed by atoms with Crippen molar-refractivity contribution in [2.75, 3.05) is 0 Å². The number of aryl methyl sites for hydroxylation is 2. The molecule has 6 heteroatoms. The van der Waals surface area contributed by atoms with Crippen molar-refractivity contribution in [2.45, 2.75) is 39.0 Å². The van der Waals surface area contributed by atoms with Gasteiger partial charge in [-0.15, -0.1) is 0 Å². The lowest BCUT2D eigenvalue weighted by molar-refractivity contribution is 0.0696. The van der Waals surface area contributed by atoms with E-state index in [1.165, 1.54) is 39.7 Å². The van der Waals surface area contributed by atoms with Crippen molar-refractivity contribution in [3.05, 3.63) is 86.5 Å². The highest BCUT2D eigenvalue weighted by molar-refractivity contribution is 5.87. The van der Waals surface area contributed by atoms with E-state index in [1.54, 1.807) is 6.20 Å². The van der Waals surface area contributed by atoms with Crippen LogP contribution in [0.5, 0.6) is 0 Å². The normalized spacial score (nSPS) is 15.9. The van der Waals surface area contributed by atoms with Gasteiger partial charge in [0, 0.05) is 11.8 Å². The Labute approximate surface area is 162 Å². The van der Waals surface area contributed by atoms with Crippen LogP contribution in [0.1, 0.15) is 50.5 Å². The number of hydrogen-bond donors (Lipinski definition) is 1. The van der Waals surface area contributed by atoms with Gasteiger partial charge in [-0.3, -0.25) is 4.79 Å². The van der Waals surface area contributed by atoms with E-state index in [0.717, 1.165) is 24.0 Å². The predicted octanol–water partition coefficient (Wildman–Crippen LogP) is 3.22. The summed E-state index contributed by atoms with van der Waals surface area (Å²) in [5.74, 6) is -0.464. The number of nitrogens with zero attached hydrogens (tertiary/aromatic N) is 3. The van der Waals surface area contributed by atoms with Crippen LogP contribution in [-0.4, -0.2) is 25.8 Å². The summed E-state index contributed by atoms with van der Waals surface area (Å²) in [6.07, 6.45) is 5.46. The molecule has 0 spiro atoms. The Kier molecular flexibility index (Phi) is 4.55. The van der Waals surface area contributed by atoms with Crippen LogP contribution in [0, 0.1) is 13.8 Å². The Balaban J connectivity index is 1.69. The van der Waals surface area contributed by atoms with E-state index in [0.29, 0.717) is 12.3 Å². The lowest BCUT2D eigenvalue weighted by Crippen LogP contribution is -2.30. The number of carboxylic acids is 1. The average Bonchev–Trinajstić information content (AvgIpc) is 2.68. The largest absolute Gasteiger partial charge is 0.478 e.